The fourth-order valence-electron chi connectivity index (χ4n) is 4.56. The van der Waals surface area contributed by atoms with Crippen molar-refractivity contribution in [2.45, 2.75) is 45.1 Å². The molecule has 0 saturated heterocycles. The largest absolute Gasteiger partial charge is 0.505 e. The number of halogens is 1. The highest BCUT2D eigenvalue weighted by atomic mass is 35.5. The number of thiophene rings is 1. The highest BCUT2D eigenvalue weighted by Crippen LogP contribution is 2.46. The van der Waals surface area contributed by atoms with E-state index >= 15 is 0 Å². The average molecular weight is 538 g/mol. The van der Waals surface area contributed by atoms with Gasteiger partial charge in [0.05, 0.1) is 33.8 Å². The predicted octanol–water partition coefficient (Wildman–Crippen LogP) is 7.15. The Balaban J connectivity index is 1.64. The van der Waals surface area contributed by atoms with Crippen molar-refractivity contribution in [1.82, 2.24) is 14.5 Å². The number of ether oxygens (including phenoxy) is 1. The molecule has 1 saturated carbocycles. The predicted molar refractivity (Wildman–Crippen MR) is 147 cm³/mol. The van der Waals surface area contributed by atoms with E-state index < -0.39 is 0 Å². The van der Waals surface area contributed by atoms with E-state index in [0.717, 1.165) is 39.6 Å². The van der Waals surface area contributed by atoms with Crippen molar-refractivity contribution in [3.05, 3.63) is 67.4 Å². The first-order valence-electron chi connectivity index (χ1n) is 11.8. The van der Waals surface area contributed by atoms with Gasteiger partial charge in [0.1, 0.15) is 16.4 Å². The van der Waals surface area contributed by atoms with Gasteiger partial charge in [0.25, 0.3) is 5.56 Å². The summed E-state index contributed by atoms with van der Waals surface area (Å²) in [5.74, 6) is 2.14. The molecule has 1 aliphatic rings. The van der Waals surface area contributed by atoms with Gasteiger partial charge in [-0.1, -0.05) is 31.5 Å². The molecule has 0 spiro atoms. The van der Waals surface area contributed by atoms with Gasteiger partial charge in [0.15, 0.2) is 5.75 Å². The number of thiazole rings is 1. The number of methoxy groups -OCH3 is 1. The summed E-state index contributed by atoms with van der Waals surface area (Å²) in [6.45, 7) is 4.60. The molecule has 1 fully saturated rings. The Hall–Kier alpha value is -2.94. The summed E-state index contributed by atoms with van der Waals surface area (Å²) in [6.07, 6.45) is 4.07. The molecule has 3 heterocycles. The van der Waals surface area contributed by atoms with Gasteiger partial charge in [0, 0.05) is 27.9 Å². The van der Waals surface area contributed by atoms with E-state index in [-0.39, 0.29) is 16.3 Å². The van der Waals surface area contributed by atoms with E-state index in [9.17, 15) is 9.90 Å². The van der Waals surface area contributed by atoms with Crippen LogP contribution in [0.3, 0.4) is 0 Å². The molecule has 0 unspecified atom stereocenters. The van der Waals surface area contributed by atoms with Gasteiger partial charge in [-0.15, -0.1) is 22.7 Å². The summed E-state index contributed by atoms with van der Waals surface area (Å²) >= 11 is 9.09. The van der Waals surface area contributed by atoms with Crippen LogP contribution in [0.4, 0.5) is 0 Å². The van der Waals surface area contributed by atoms with Gasteiger partial charge in [0.2, 0.25) is 0 Å². The van der Waals surface area contributed by atoms with Crippen molar-refractivity contribution in [3.63, 3.8) is 0 Å². The van der Waals surface area contributed by atoms with Crippen molar-refractivity contribution in [1.29, 1.82) is 0 Å². The van der Waals surface area contributed by atoms with Crippen molar-refractivity contribution >= 4 is 54.6 Å². The fraction of sp³-hybridized carbons (Fsp3) is 0.296. The van der Waals surface area contributed by atoms with E-state index in [0.29, 0.717) is 44.5 Å². The summed E-state index contributed by atoms with van der Waals surface area (Å²) in [7, 11) is 1.66. The molecular formula is C27H24ClN3O3S2. The van der Waals surface area contributed by atoms with Crippen LogP contribution in [0.25, 0.3) is 31.7 Å². The van der Waals surface area contributed by atoms with Gasteiger partial charge in [-0.25, -0.2) is 9.97 Å². The van der Waals surface area contributed by atoms with Crippen molar-refractivity contribution in [2.75, 3.05) is 7.11 Å². The average Bonchev–Trinajstić information content (AvgIpc) is 3.48. The summed E-state index contributed by atoms with van der Waals surface area (Å²) in [6, 6.07) is 9.39. The van der Waals surface area contributed by atoms with Gasteiger partial charge in [-0.3, -0.25) is 9.36 Å². The summed E-state index contributed by atoms with van der Waals surface area (Å²) in [5.41, 5.74) is 1.94. The zero-order chi connectivity index (χ0) is 25.1. The molecule has 0 aliphatic heterocycles. The van der Waals surface area contributed by atoms with E-state index in [2.05, 4.69) is 24.9 Å². The molecule has 3 aromatic heterocycles. The lowest BCUT2D eigenvalue weighted by Crippen LogP contribution is -2.23. The second kappa shape index (κ2) is 8.87. The monoisotopic (exact) mass is 537 g/mol. The van der Waals surface area contributed by atoms with Crippen LogP contribution >= 0.6 is 34.3 Å². The number of rotatable bonds is 6. The summed E-state index contributed by atoms with van der Waals surface area (Å²) < 4.78 is 7.83. The molecule has 0 bridgehead atoms. The number of hydrogen-bond acceptors (Lipinski definition) is 7. The van der Waals surface area contributed by atoms with Crippen LogP contribution in [0.5, 0.6) is 11.5 Å². The second-order valence-electron chi connectivity index (χ2n) is 9.43. The Morgan fingerprint density at radius 1 is 1.22 bits per heavy atom. The van der Waals surface area contributed by atoms with Crippen molar-refractivity contribution in [2.24, 2.45) is 0 Å². The minimum Gasteiger partial charge on any atom is -0.505 e. The zero-order valence-corrected chi connectivity index (χ0v) is 22.4. The van der Waals surface area contributed by atoms with Gasteiger partial charge in [-0.2, -0.15) is 0 Å². The normalized spacial score (nSPS) is 13.8. The summed E-state index contributed by atoms with van der Waals surface area (Å²) in [5, 5.41) is 13.1. The molecule has 9 heteroatoms. The molecule has 0 atom stereocenters. The van der Waals surface area contributed by atoms with Crippen LogP contribution < -0.4 is 10.3 Å². The van der Waals surface area contributed by atoms with Gasteiger partial charge in [-0.05, 0) is 48.6 Å². The van der Waals surface area contributed by atoms with Crippen LogP contribution in [0.1, 0.15) is 54.0 Å². The van der Waals surface area contributed by atoms with Crippen LogP contribution in [-0.4, -0.2) is 26.8 Å². The number of aromatic hydroxyl groups is 1. The Morgan fingerprint density at radius 3 is 2.72 bits per heavy atom. The van der Waals surface area contributed by atoms with Crippen LogP contribution in [0.15, 0.2) is 41.3 Å². The molecule has 0 radical (unpaired) electrons. The first kappa shape index (κ1) is 23.5. The summed E-state index contributed by atoms with van der Waals surface area (Å²) in [4.78, 5) is 25.3. The lowest BCUT2D eigenvalue weighted by atomic mass is 10.0. The van der Waals surface area contributed by atoms with Gasteiger partial charge < -0.3 is 9.84 Å². The maximum Gasteiger partial charge on any atom is 0.263 e. The Kier molecular flexibility index (Phi) is 5.78. The first-order valence-corrected chi connectivity index (χ1v) is 13.8. The standard InChI is InChI=1S/C27H24ClN3O3S2/c1-13(2)25-29-11-16(35-25)12-31-24(17-7-6-15(34-3)10-19(17)14-4-5-14)30-26-21(27(31)33)18-8-9-20(28)22(32)23(18)36-26/h6-11,13-14,32H,4-5,12H2,1-3H3. The number of benzene rings is 2. The van der Waals surface area contributed by atoms with E-state index in [1.54, 1.807) is 35.1 Å². The van der Waals surface area contributed by atoms with Crippen LogP contribution in [0.2, 0.25) is 5.02 Å². The molecule has 0 amide bonds. The fourth-order valence-corrected chi connectivity index (χ4v) is 6.79. The Morgan fingerprint density at radius 2 is 2.03 bits per heavy atom. The Labute approximate surface area is 220 Å². The van der Waals surface area contributed by atoms with Crippen molar-refractivity contribution in [3.8, 4) is 22.9 Å². The third-order valence-corrected chi connectivity index (χ3v) is 9.28. The smallest absolute Gasteiger partial charge is 0.263 e. The Bertz CT molecular complexity index is 1700. The third kappa shape index (κ3) is 3.88. The molecule has 1 N–H and O–H groups in total. The maximum absolute atomic E-state index is 14.1. The number of nitrogens with zero attached hydrogens (tertiary/aromatic N) is 3. The maximum atomic E-state index is 14.1. The number of fused-ring (bicyclic) bond motifs is 3. The third-order valence-electron chi connectivity index (χ3n) is 6.58. The molecule has 1 aliphatic carbocycles. The second-order valence-corrected chi connectivity index (χ2v) is 12.0. The molecule has 6 nitrogen and oxygen atoms in total. The van der Waals surface area contributed by atoms with E-state index in [1.165, 1.54) is 11.3 Å². The quantitative estimate of drug-likeness (QED) is 0.249. The minimum absolute atomic E-state index is 0.0168. The van der Waals surface area contributed by atoms with Gasteiger partial charge >= 0.3 is 0 Å². The van der Waals surface area contributed by atoms with Crippen LogP contribution in [0, 0.1) is 0 Å². The van der Waals surface area contributed by atoms with Crippen LogP contribution in [-0.2, 0) is 6.54 Å². The lowest BCUT2D eigenvalue weighted by molar-refractivity contribution is 0.414. The minimum atomic E-state index is -0.139. The zero-order valence-electron chi connectivity index (χ0n) is 20.0. The molecular weight excluding hydrogens is 514 g/mol. The highest BCUT2D eigenvalue weighted by Gasteiger charge is 2.29. The number of phenols is 1. The van der Waals surface area contributed by atoms with E-state index in [1.807, 2.05) is 18.3 Å². The molecule has 184 valence electrons. The van der Waals surface area contributed by atoms with Crippen molar-refractivity contribution < 1.29 is 9.84 Å². The molecule has 6 rings (SSSR count). The molecule has 36 heavy (non-hydrogen) atoms. The number of hydrogen-bond donors (Lipinski definition) is 1. The van der Waals surface area contributed by atoms with E-state index in [4.69, 9.17) is 21.3 Å². The topological polar surface area (TPSA) is 77.2 Å². The first-order chi connectivity index (χ1) is 17.4. The molecule has 2 aromatic carbocycles. The number of aromatic nitrogens is 3. The molecule has 5 aromatic rings. The SMILES string of the molecule is COc1ccc(-c2nc3sc4c(O)c(Cl)ccc4c3c(=O)n2Cc2cnc(C(C)C)s2)c(C2CC2)c1. The number of phenolic OH excluding ortho intramolecular Hbond substituents is 1. The highest BCUT2D eigenvalue weighted by molar-refractivity contribution is 7.25. The lowest BCUT2D eigenvalue weighted by Gasteiger charge is -2.16.